The van der Waals surface area contributed by atoms with Gasteiger partial charge in [0.05, 0.1) is 6.54 Å². The highest BCUT2D eigenvalue weighted by Crippen LogP contribution is 2.23. The number of aryl methyl sites for hydroxylation is 1. The first-order chi connectivity index (χ1) is 14.0. The van der Waals surface area contributed by atoms with E-state index in [0.29, 0.717) is 35.8 Å². The highest BCUT2D eigenvalue weighted by Gasteiger charge is 2.24. The molecule has 0 unspecified atom stereocenters. The molecule has 2 N–H and O–H groups in total. The van der Waals surface area contributed by atoms with Crippen LogP contribution in [0.4, 0.5) is 5.69 Å². The summed E-state index contributed by atoms with van der Waals surface area (Å²) in [6.45, 7) is 6.73. The summed E-state index contributed by atoms with van der Waals surface area (Å²) in [5.74, 6) is 1.53. The van der Waals surface area contributed by atoms with E-state index < -0.39 is 0 Å². The predicted molar refractivity (Wildman–Crippen MR) is 113 cm³/mol. The van der Waals surface area contributed by atoms with Crippen LogP contribution < -0.4 is 10.6 Å². The first kappa shape index (κ1) is 19.2. The van der Waals surface area contributed by atoms with Gasteiger partial charge in [0.25, 0.3) is 5.91 Å². The molecule has 3 aromatic rings. The number of benzene rings is 2. The molecular weight excluding hydrogens is 364 g/mol. The van der Waals surface area contributed by atoms with Gasteiger partial charge in [-0.3, -0.25) is 4.79 Å². The van der Waals surface area contributed by atoms with E-state index >= 15 is 0 Å². The molecule has 29 heavy (non-hydrogen) atoms. The zero-order valence-corrected chi connectivity index (χ0v) is 17.0. The van der Waals surface area contributed by atoms with Crippen molar-refractivity contribution < 1.29 is 9.32 Å². The van der Waals surface area contributed by atoms with Gasteiger partial charge in [-0.05, 0) is 48.9 Å². The molecule has 1 fully saturated rings. The van der Waals surface area contributed by atoms with E-state index in [0.717, 1.165) is 29.7 Å². The van der Waals surface area contributed by atoms with Crippen molar-refractivity contribution in [3.8, 4) is 11.4 Å². The molecule has 1 heterocycles. The van der Waals surface area contributed by atoms with Gasteiger partial charge in [0.2, 0.25) is 11.7 Å². The second kappa shape index (κ2) is 8.07. The van der Waals surface area contributed by atoms with Crippen LogP contribution in [-0.2, 0) is 6.54 Å². The highest BCUT2D eigenvalue weighted by atomic mass is 16.5. The van der Waals surface area contributed by atoms with Gasteiger partial charge in [0, 0.05) is 22.9 Å². The molecule has 6 heteroatoms. The van der Waals surface area contributed by atoms with Crippen LogP contribution in [0.1, 0.15) is 60.0 Å². The highest BCUT2D eigenvalue weighted by molar-refractivity contribution is 5.95. The van der Waals surface area contributed by atoms with Crippen LogP contribution in [-0.4, -0.2) is 22.1 Å². The SMILES string of the molecule is Cc1ccc(C(=O)NC2CC2)cc1NCc1nc(-c2ccc(C(C)C)cc2)no1. The van der Waals surface area contributed by atoms with Crippen molar-refractivity contribution >= 4 is 11.6 Å². The number of carbonyl (C=O) groups excluding carboxylic acids is 1. The number of hydrogen-bond donors (Lipinski definition) is 2. The minimum atomic E-state index is -0.0273. The lowest BCUT2D eigenvalue weighted by atomic mass is 10.0. The van der Waals surface area contributed by atoms with Crippen LogP contribution in [0.25, 0.3) is 11.4 Å². The fourth-order valence-corrected chi connectivity index (χ4v) is 3.08. The molecule has 0 aliphatic heterocycles. The van der Waals surface area contributed by atoms with Crippen molar-refractivity contribution in [2.24, 2.45) is 0 Å². The van der Waals surface area contributed by atoms with Crippen molar-refractivity contribution in [2.75, 3.05) is 5.32 Å². The summed E-state index contributed by atoms with van der Waals surface area (Å²) in [6, 6.07) is 14.2. The van der Waals surface area contributed by atoms with Gasteiger partial charge in [-0.1, -0.05) is 49.3 Å². The second-order valence-electron chi connectivity index (χ2n) is 7.92. The molecule has 0 saturated heterocycles. The summed E-state index contributed by atoms with van der Waals surface area (Å²) in [5, 5.41) is 10.4. The molecular formula is C23H26N4O2. The Kier molecular flexibility index (Phi) is 5.34. The monoisotopic (exact) mass is 390 g/mol. The molecule has 2 aromatic carbocycles. The lowest BCUT2D eigenvalue weighted by Crippen LogP contribution is -2.25. The molecule has 1 aliphatic rings. The average Bonchev–Trinajstić information content (AvgIpc) is 3.40. The number of anilines is 1. The summed E-state index contributed by atoms with van der Waals surface area (Å²) in [7, 11) is 0. The van der Waals surface area contributed by atoms with Crippen LogP contribution in [0.15, 0.2) is 47.0 Å². The number of amides is 1. The topological polar surface area (TPSA) is 80.0 Å². The van der Waals surface area contributed by atoms with Crippen molar-refractivity contribution in [1.29, 1.82) is 0 Å². The number of nitrogens with one attached hydrogen (secondary N) is 2. The first-order valence-electron chi connectivity index (χ1n) is 10.1. The third-order valence-electron chi connectivity index (χ3n) is 5.15. The first-order valence-corrected chi connectivity index (χ1v) is 10.1. The maximum atomic E-state index is 12.3. The molecule has 1 aliphatic carbocycles. The fraction of sp³-hybridized carbons (Fsp3) is 0.348. The van der Waals surface area contributed by atoms with Gasteiger partial charge in [-0.25, -0.2) is 0 Å². The van der Waals surface area contributed by atoms with Crippen molar-refractivity contribution in [2.45, 2.75) is 52.1 Å². The molecule has 1 amide bonds. The summed E-state index contributed by atoms with van der Waals surface area (Å²) in [6.07, 6.45) is 2.14. The second-order valence-corrected chi connectivity index (χ2v) is 7.92. The Balaban J connectivity index is 1.42. The molecule has 0 radical (unpaired) electrons. The third-order valence-corrected chi connectivity index (χ3v) is 5.15. The van der Waals surface area contributed by atoms with Crippen LogP contribution in [0.3, 0.4) is 0 Å². The van der Waals surface area contributed by atoms with E-state index in [1.54, 1.807) is 0 Å². The zero-order chi connectivity index (χ0) is 20.4. The molecule has 1 aromatic heterocycles. The number of rotatable bonds is 7. The lowest BCUT2D eigenvalue weighted by molar-refractivity contribution is 0.0951. The maximum Gasteiger partial charge on any atom is 0.251 e. The predicted octanol–water partition coefficient (Wildman–Crippen LogP) is 4.67. The standard InChI is InChI=1S/C23H26N4O2/c1-14(2)16-6-8-17(9-7-16)22-26-21(29-27-22)13-24-20-12-18(5-4-15(20)3)23(28)25-19-10-11-19/h4-9,12,14,19,24H,10-11,13H2,1-3H3,(H,25,28). The van der Waals surface area contributed by atoms with Crippen LogP contribution in [0.2, 0.25) is 0 Å². The van der Waals surface area contributed by atoms with Gasteiger partial charge in [-0.15, -0.1) is 0 Å². The largest absolute Gasteiger partial charge is 0.376 e. The van der Waals surface area contributed by atoms with E-state index in [-0.39, 0.29) is 5.91 Å². The molecule has 0 bridgehead atoms. The van der Waals surface area contributed by atoms with E-state index in [2.05, 4.69) is 46.8 Å². The summed E-state index contributed by atoms with van der Waals surface area (Å²) in [5.41, 5.74) is 4.80. The van der Waals surface area contributed by atoms with Crippen molar-refractivity contribution in [3.63, 3.8) is 0 Å². The van der Waals surface area contributed by atoms with Gasteiger partial charge >= 0.3 is 0 Å². The van der Waals surface area contributed by atoms with Crippen LogP contribution >= 0.6 is 0 Å². The molecule has 0 spiro atoms. The van der Waals surface area contributed by atoms with Gasteiger partial charge in [0.15, 0.2) is 0 Å². The summed E-state index contributed by atoms with van der Waals surface area (Å²) >= 11 is 0. The van der Waals surface area contributed by atoms with Crippen molar-refractivity contribution in [3.05, 3.63) is 65.0 Å². The zero-order valence-electron chi connectivity index (χ0n) is 17.0. The average molecular weight is 390 g/mol. The normalized spacial score (nSPS) is 13.5. The van der Waals surface area contributed by atoms with E-state index in [9.17, 15) is 4.79 Å². The smallest absolute Gasteiger partial charge is 0.251 e. The van der Waals surface area contributed by atoms with E-state index in [1.807, 2.05) is 37.3 Å². The number of hydrogen-bond acceptors (Lipinski definition) is 5. The lowest BCUT2D eigenvalue weighted by Gasteiger charge is -2.10. The Hall–Kier alpha value is -3.15. The summed E-state index contributed by atoms with van der Waals surface area (Å²) < 4.78 is 5.39. The van der Waals surface area contributed by atoms with E-state index in [1.165, 1.54) is 5.56 Å². The Morgan fingerprint density at radius 1 is 1.17 bits per heavy atom. The number of nitrogens with zero attached hydrogens (tertiary/aromatic N) is 2. The minimum Gasteiger partial charge on any atom is -0.376 e. The quantitative estimate of drug-likeness (QED) is 0.613. The van der Waals surface area contributed by atoms with Crippen LogP contribution in [0.5, 0.6) is 0 Å². The van der Waals surface area contributed by atoms with E-state index in [4.69, 9.17) is 4.52 Å². The Morgan fingerprint density at radius 2 is 1.93 bits per heavy atom. The Labute approximate surface area is 170 Å². The number of carbonyl (C=O) groups is 1. The van der Waals surface area contributed by atoms with Gasteiger partial charge in [-0.2, -0.15) is 4.98 Å². The van der Waals surface area contributed by atoms with Crippen LogP contribution in [0, 0.1) is 6.92 Å². The summed E-state index contributed by atoms with van der Waals surface area (Å²) in [4.78, 5) is 16.8. The molecule has 6 nitrogen and oxygen atoms in total. The van der Waals surface area contributed by atoms with Crippen molar-refractivity contribution in [1.82, 2.24) is 15.5 Å². The maximum absolute atomic E-state index is 12.3. The molecule has 4 rings (SSSR count). The third kappa shape index (κ3) is 4.65. The number of aromatic nitrogens is 2. The van der Waals surface area contributed by atoms with Gasteiger partial charge in [0.1, 0.15) is 0 Å². The molecule has 150 valence electrons. The minimum absolute atomic E-state index is 0.0273. The molecule has 0 atom stereocenters. The van der Waals surface area contributed by atoms with Gasteiger partial charge < -0.3 is 15.2 Å². The Morgan fingerprint density at radius 3 is 2.62 bits per heavy atom. The molecule has 1 saturated carbocycles. The Bertz CT molecular complexity index is 1000. The fourth-order valence-electron chi connectivity index (χ4n) is 3.08.